The summed E-state index contributed by atoms with van der Waals surface area (Å²) in [5.74, 6) is -0.980. The summed E-state index contributed by atoms with van der Waals surface area (Å²) in [6.45, 7) is 6.37. The number of esters is 3. The quantitative estimate of drug-likeness (QED) is 0.0202. The van der Waals surface area contributed by atoms with Crippen molar-refractivity contribution in [1.29, 1.82) is 0 Å². The molecule has 0 rings (SSSR count). The summed E-state index contributed by atoms with van der Waals surface area (Å²) < 4.78 is 16.6. The van der Waals surface area contributed by atoms with Gasteiger partial charge in [0.25, 0.3) is 0 Å². The zero-order chi connectivity index (χ0) is 41.5. The molecule has 0 aliphatic heterocycles. The van der Waals surface area contributed by atoms with Gasteiger partial charge in [-0.1, -0.05) is 170 Å². The van der Waals surface area contributed by atoms with Crippen molar-refractivity contribution in [3.8, 4) is 0 Å². The Kier molecular flexibility index (Phi) is 42.6. The Morgan fingerprint density at radius 3 is 1.26 bits per heavy atom. The first-order valence-corrected chi connectivity index (χ1v) is 23.1. The zero-order valence-corrected chi connectivity index (χ0v) is 36.8. The van der Waals surface area contributed by atoms with Crippen LogP contribution < -0.4 is 0 Å². The first kappa shape index (κ1) is 53.6. The summed E-state index contributed by atoms with van der Waals surface area (Å²) in [6.07, 6.45) is 57.1. The summed E-state index contributed by atoms with van der Waals surface area (Å²) in [5.41, 5.74) is 0. The lowest BCUT2D eigenvalue weighted by Crippen LogP contribution is -2.30. The van der Waals surface area contributed by atoms with Crippen molar-refractivity contribution in [3.05, 3.63) is 85.1 Å². The summed E-state index contributed by atoms with van der Waals surface area (Å²) in [6, 6.07) is 0. The lowest BCUT2D eigenvalue weighted by molar-refractivity contribution is -0.167. The van der Waals surface area contributed by atoms with Gasteiger partial charge in [-0.3, -0.25) is 14.4 Å². The van der Waals surface area contributed by atoms with E-state index in [4.69, 9.17) is 14.2 Å². The minimum atomic E-state index is -0.801. The number of rotatable bonds is 40. The normalized spacial score (nSPS) is 12.8. The van der Waals surface area contributed by atoms with Crippen LogP contribution in [0.15, 0.2) is 85.1 Å². The Labute approximate surface area is 350 Å². The summed E-state index contributed by atoms with van der Waals surface area (Å²) >= 11 is 0. The van der Waals surface area contributed by atoms with Gasteiger partial charge in [0, 0.05) is 19.3 Å². The molecule has 0 aromatic rings. The second kappa shape index (κ2) is 45.3. The van der Waals surface area contributed by atoms with Crippen LogP contribution in [0.5, 0.6) is 0 Å². The van der Waals surface area contributed by atoms with Crippen LogP contribution in [-0.2, 0) is 28.6 Å². The van der Waals surface area contributed by atoms with Gasteiger partial charge in [-0.2, -0.15) is 0 Å². The van der Waals surface area contributed by atoms with Crippen LogP contribution >= 0.6 is 0 Å². The average Bonchev–Trinajstić information content (AvgIpc) is 3.21. The van der Waals surface area contributed by atoms with E-state index in [9.17, 15) is 14.4 Å². The van der Waals surface area contributed by atoms with Crippen LogP contribution in [0.3, 0.4) is 0 Å². The molecule has 0 aromatic heterocycles. The molecule has 0 N–H and O–H groups in total. The molecule has 0 aliphatic rings. The van der Waals surface area contributed by atoms with Crippen molar-refractivity contribution in [2.24, 2.45) is 0 Å². The van der Waals surface area contributed by atoms with Crippen molar-refractivity contribution < 1.29 is 28.6 Å². The molecule has 57 heavy (non-hydrogen) atoms. The van der Waals surface area contributed by atoms with Gasteiger partial charge in [-0.25, -0.2) is 0 Å². The Balaban J connectivity index is 4.43. The van der Waals surface area contributed by atoms with Crippen molar-refractivity contribution >= 4 is 17.9 Å². The number of allylic oxidation sites excluding steroid dienone is 14. The van der Waals surface area contributed by atoms with E-state index in [1.165, 1.54) is 51.4 Å². The molecule has 324 valence electrons. The topological polar surface area (TPSA) is 78.9 Å². The predicted octanol–water partition coefficient (Wildman–Crippen LogP) is 14.9. The first-order chi connectivity index (χ1) is 28.0. The molecule has 0 heterocycles. The van der Waals surface area contributed by atoms with Crippen LogP contribution in [-0.4, -0.2) is 37.2 Å². The van der Waals surface area contributed by atoms with Crippen LogP contribution in [0.1, 0.15) is 201 Å². The molecule has 0 aromatic carbocycles. The average molecular weight is 793 g/mol. The molecular formula is C51H84O6. The maximum atomic E-state index is 12.7. The fourth-order valence-corrected chi connectivity index (χ4v) is 5.95. The van der Waals surface area contributed by atoms with E-state index in [0.717, 1.165) is 109 Å². The van der Waals surface area contributed by atoms with Gasteiger partial charge in [0.05, 0.1) is 0 Å². The molecular weight excluding hydrogens is 709 g/mol. The number of hydrogen-bond donors (Lipinski definition) is 0. The number of hydrogen-bond acceptors (Lipinski definition) is 6. The van der Waals surface area contributed by atoms with Crippen LogP contribution in [0, 0.1) is 0 Å². The number of unbranched alkanes of at least 4 members (excludes halogenated alkanes) is 18. The Hall–Kier alpha value is -3.41. The highest BCUT2D eigenvalue weighted by Gasteiger charge is 2.19. The first-order valence-electron chi connectivity index (χ1n) is 23.1. The lowest BCUT2D eigenvalue weighted by atomic mass is 10.1. The molecule has 0 fully saturated rings. The van der Waals surface area contributed by atoms with E-state index >= 15 is 0 Å². The molecule has 0 radical (unpaired) electrons. The molecule has 0 aliphatic carbocycles. The Morgan fingerprint density at radius 1 is 0.386 bits per heavy atom. The molecule has 1 atom stereocenters. The number of carbonyl (C=O) groups excluding carboxylic acids is 3. The van der Waals surface area contributed by atoms with E-state index in [1.54, 1.807) is 0 Å². The highest BCUT2D eigenvalue weighted by Crippen LogP contribution is 2.12. The van der Waals surface area contributed by atoms with Gasteiger partial charge in [-0.05, 0) is 96.3 Å². The highest BCUT2D eigenvalue weighted by molar-refractivity contribution is 5.71. The SMILES string of the molecule is CC/C=C\C/C=C\CCCCC(=O)OCC(COC(=O)CCCCCCC\C=C/C=C\C=C/C=C\CCCCC)OC(=O)CCCCCCC/C=C\CCCCC. The van der Waals surface area contributed by atoms with Crippen molar-refractivity contribution in [2.75, 3.05) is 13.2 Å². The highest BCUT2D eigenvalue weighted by atomic mass is 16.6. The van der Waals surface area contributed by atoms with Crippen LogP contribution in [0.2, 0.25) is 0 Å². The maximum Gasteiger partial charge on any atom is 0.306 e. The van der Waals surface area contributed by atoms with Crippen molar-refractivity contribution in [2.45, 2.75) is 207 Å². The van der Waals surface area contributed by atoms with E-state index in [2.05, 4.69) is 106 Å². The largest absolute Gasteiger partial charge is 0.462 e. The van der Waals surface area contributed by atoms with Gasteiger partial charge in [-0.15, -0.1) is 0 Å². The van der Waals surface area contributed by atoms with Gasteiger partial charge in [0.15, 0.2) is 6.10 Å². The van der Waals surface area contributed by atoms with E-state index < -0.39 is 6.10 Å². The lowest BCUT2D eigenvalue weighted by Gasteiger charge is -2.18. The second-order valence-electron chi connectivity index (χ2n) is 15.0. The van der Waals surface area contributed by atoms with Gasteiger partial charge in [0.1, 0.15) is 13.2 Å². The number of ether oxygens (including phenoxy) is 3. The fourth-order valence-electron chi connectivity index (χ4n) is 5.95. The van der Waals surface area contributed by atoms with Crippen LogP contribution in [0.25, 0.3) is 0 Å². The smallest absolute Gasteiger partial charge is 0.306 e. The van der Waals surface area contributed by atoms with Crippen LogP contribution in [0.4, 0.5) is 0 Å². The molecule has 6 nitrogen and oxygen atoms in total. The minimum Gasteiger partial charge on any atom is -0.462 e. The van der Waals surface area contributed by atoms with E-state index in [-0.39, 0.29) is 31.1 Å². The van der Waals surface area contributed by atoms with Crippen molar-refractivity contribution in [1.82, 2.24) is 0 Å². The molecule has 0 bridgehead atoms. The predicted molar refractivity (Wildman–Crippen MR) is 242 cm³/mol. The van der Waals surface area contributed by atoms with Gasteiger partial charge in [0.2, 0.25) is 0 Å². The summed E-state index contributed by atoms with van der Waals surface area (Å²) in [7, 11) is 0. The Morgan fingerprint density at radius 2 is 0.754 bits per heavy atom. The van der Waals surface area contributed by atoms with E-state index in [1.807, 2.05) is 0 Å². The second-order valence-corrected chi connectivity index (χ2v) is 15.0. The third-order valence-corrected chi connectivity index (χ3v) is 9.45. The third-order valence-electron chi connectivity index (χ3n) is 9.45. The Bertz CT molecular complexity index is 1140. The van der Waals surface area contributed by atoms with Gasteiger partial charge >= 0.3 is 17.9 Å². The standard InChI is InChI=1S/C51H84O6/c1-4-7-10-13-16-19-21-23-24-25-26-27-28-30-32-35-38-41-44-50(53)56-47-48(46-55-49(52)43-40-37-34-31-18-15-12-9-6-3)57-51(54)45-42-39-36-33-29-22-20-17-14-11-8-5-2/h9,12,16-21,23-27,31,48H,4-8,10-11,13-15,22,28-30,32-47H2,1-3H3/b12-9-,19-16-,20-17-,23-21-,25-24-,27-26-,31-18-. The van der Waals surface area contributed by atoms with Gasteiger partial charge < -0.3 is 14.2 Å². The molecule has 1 unspecified atom stereocenters. The molecule has 0 saturated heterocycles. The fraction of sp³-hybridized carbons (Fsp3) is 0.667. The van der Waals surface area contributed by atoms with Crippen molar-refractivity contribution in [3.63, 3.8) is 0 Å². The molecule has 0 saturated carbocycles. The number of carbonyl (C=O) groups is 3. The monoisotopic (exact) mass is 793 g/mol. The molecule has 0 spiro atoms. The van der Waals surface area contributed by atoms with E-state index in [0.29, 0.717) is 19.3 Å². The summed E-state index contributed by atoms with van der Waals surface area (Å²) in [5, 5.41) is 0. The zero-order valence-electron chi connectivity index (χ0n) is 36.8. The molecule has 6 heteroatoms. The third kappa shape index (κ3) is 43.6. The summed E-state index contributed by atoms with van der Waals surface area (Å²) in [4.78, 5) is 37.7. The maximum absolute atomic E-state index is 12.7. The molecule has 0 amide bonds. The minimum absolute atomic E-state index is 0.104.